The molecule has 0 spiro atoms. The highest BCUT2D eigenvalue weighted by atomic mass is 16.1. The Morgan fingerprint density at radius 1 is 1.23 bits per heavy atom. The number of fused-ring (bicyclic) bond motifs is 1. The van der Waals surface area contributed by atoms with Crippen molar-refractivity contribution in [3.8, 4) is 6.07 Å². The number of nitriles is 1. The third-order valence-electron chi connectivity index (χ3n) is 4.99. The summed E-state index contributed by atoms with van der Waals surface area (Å²) >= 11 is 0. The highest BCUT2D eigenvalue weighted by Gasteiger charge is 2.25. The Bertz CT molecular complexity index is 980. The number of nitrogens with zero attached hydrogens (tertiary/aromatic N) is 3. The summed E-state index contributed by atoms with van der Waals surface area (Å²) in [6.07, 6.45) is 4.46. The Hall–Kier alpha value is -3.13. The molecule has 0 atom stereocenters. The first-order chi connectivity index (χ1) is 12.7. The van der Waals surface area contributed by atoms with Crippen molar-refractivity contribution < 1.29 is 4.79 Å². The van der Waals surface area contributed by atoms with E-state index >= 15 is 0 Å². The van der Waals surface area contributed by atoms with Crippen LogP contribution in [-0.4, -0.2) is 15.5 Å². The molecule has 5 nitrogen and oxygen atoms in total. The van der Waals surface area contributed by atoms with Crippen LogP contribution < -0.4 is 5.32 Å². The molecule has 0 unspecified atom stereocenters. The van der Waals surface area contributed by atoms with E-state index in [1.807, 2.05) is 42.5 Å². The Morgan fingerprint density at radius 3 is 2.73 bits per heavy atom. The van der Waals surface area contributed by atoms with Crippen LogP contribution in [0.1, 0.15) is 42.9 Å². The average molecular weight is 344 g/mol. The van der Waals surface area contributed by atoms with Crippen LogP contribution >= 0.6 is 0 Å². The van der Waals surface area contributed by atoms with E-state index in [0.717, 1.165) is 29.4 Å². The lowest BCUT2D eigenvalue weighted by Gasteiger charge is -2.29. The summed E-state index contributed by atoms with van der Waals surface area (Å²) in [5.74, 6) is 0.558. The van der Waals surface area contributed by atoms with Crippen molar-refractivity contribution in [2.75, 3.05) is 5.32 Å². The fourth-order valence-electron chi connectivity index (χ4n) is 3.35. The van der Waals surface area contributed by atoms with Crippen LogP contribution in [0.25, 0.3) is 11.0 Å². The van der Waals surface area contributed by atoms with E-state index < -0.39 is 0 Å². The predicted molar refractivity (Wildman–Crippen MR) is 101 cm³/mol. The molecule has 1 amide bonds. The molecule has 26 heavy (non-hydrogen) atoms. The molecule has 1 aliphatic rings. The minimum absolute atomic E-state index is 0.0368. The zero-order valence-electron chi connectivity index (χ0n) is 14.5. The number of aromatic nitrogens is 2. The SMILES string of the molecule is N#Cc1ccc2nc(NC(=O)CCc3ccccc3)n(C3CCC3)c2c1. The van der Waals surface area contributed by atoms with Crippen LogP contribution in [0.4, 0.5) is 5.95 Å². The van der Waals surface area contributed by atoms with Crippen LogP contribution in [0, 0.1) is 11.3 Å². The number of rotatable bonds is 5. The summed E-state index contributed by atoms with van der Waals surface area (Å²) < 4.78 is 2.10. The molecule has 2 aromatic carbocycles. The van der Waals surface area contributed by atoms with E-state index in [0.29, 0.717) is 30.4 Å². The molecule has 3 aromatic rings. The minimum atomic E-state index is -0.0368. The fraction of sp³-hybridized carbons (Fsp3) is 0.286. The number of amides is 1. The molecule has 0 saturated heterocycles. The second-order valence-corrected chi connectivity index (χ2v) is 6.74. The normalized spacial score (nSPS) is 14.0. The number of carbonyl (C=O) groups is 1. The van der Waals surface area contributed by atoms with Crippen LogP contribution in [0.2, 0.25) is 0 Å². The smallest absolute Gasteiger partial charge is 0.227 e. The third kappa shape index (κ3) is 3.18. The second kappa shape index (κ2) is 7.01. The van der Waals surface area contributed by atoms with Gasteiger partial charge in [-0.05, 0) is 49.4 Å². The molecule has 0 radical (unpaired) electrons. The van der Waals surface area contributed by atoms with Gasteiger partial charge in [0.05, 0.1) is 22.7 Å². The van der Waals surface area contributed by atoms with E-state index in [2.05, 4.69) is 20.9 Å². The molecule has 1 saturated carbocycles. The van der Waals surface area contributed by atoms with Gasteiger partial charge >= 0.3 is 0 Å². The van der Waals surface area contributed by atoms with Gasteiger partial charge in [0, 0.05) is 12.5 Å². The molecule has 1 fully saturated rings. The third-order valence-corrected chi connectivity index (χ3v) is 4.99. The number of aryl methyl sites for hydroxylation is 1. The second-order valence-electron chi connectivity index (χ2n) is 6.74. The predicted octanol–water partition coefficient (Wildman–Crippen LogP) is 4.20. The van der Waals surface area contributed by atoms with E-state index in [1.165, 1.54) is 6.42 Å². The highest BCUT2D eigenvalue weighted by molar-refractivity contribution is 5.92. The Balaban J connectivity index is 1.57. The fourth-order valence-corrected chi connectivity index (χ4v) is 3.35. The molecule has 1 heterocycles. The molecule has 1 N–H and O–H groups in total. The van der Waals surface area contributed by atoms with Crippen molar-refractivity contribution in [2.45, 2.75) is 38.1 Å². The maximum Gasteiger partial charge on any atom is 0.227 e. The Kier molecular flexibility index (Phi) is 4.40. The van der Waals surface area contributed by atoms with Gasteiger partial charge in [-0.2, -0.15) is 5.26 Å². The van der Waals surface area contributed by atoms with Gasteiger partial charge in [-0.1, -0.05) is 30.3 Å². The molecule has 5 heteroatoms. The first-order valence-electron chi connectivity index (χ1n) is 9.00. The van der Waals surface area contributed by atoms with Gasteiger partial charge in [-0.15, -0.1) is 0 Å². The van der Waals surface area contributed by atoms with Gasteiger partial charge in [0.2, 0.25) is 11.9 Å². The topological polar surface area (TPSA) is 70.7 Å². The van der Waals surface area contributed by atoms with Crippen LogP contribution in [0.15, 0.2) is 48.5 Å². The van der Waals surface area contributed by atoms with Crippen molar-refractivity contribution in [2.24, 2.45) is 0 Å². The summed E-state index contributed by atoms with van der Waals surface area (Å²) in [6, 6.07) is 18.0. The van der Waals surface area contributed by atoms with Crippen molar-refractivity contribution in [1.29, 1.82) is 5.26 Å². The number of hydrogen-bond donors (Lipinski definition) is 1. The standard InChI is InChI=1S/C21H20N4O/c22-14-16-9-11-18-19(13-16)25(17-7-4-8-17)21(23-18)24-20(26)12-10-15-5-2-1-3-6-15/h1-3,5-6,9,11,13,17H,4,7-8,10,12H2,(H,23,24,26). The summed E-state index contributed by atoms with van der Waals surface area (Å²) in [4.78, 5) is 17.1. The largest absolute Gasteiger partial charge is 0.307 e. The lowest BCUT2D eigenvalue weighted by molar-refractivity contribution is -0.116. The Labute approximate surface area is 152 Å². The van der Waals surface area contributed by atoms with Gasteiger partial charge in [0.25, 0.3) is 0 Å². The van der Waals surface area contributed by atoms with Crippen LogP contribution in [-0.2, 0) is 11.2 Å². The maximum absolute atomic E-state index is 12.5. The van der Waals surface area contributed by atoms with Gasteiger partial charge in [-0.25, -0.2) is 4.98 Å². The minimum Gasteiger partial charge on any atom is -0.307 e. The molecular weight excluding hydrogens is 324 g/mol. The van der Waals surface area contributed by atoms with E-state index in [9.17, 15) is 10.1 Å². The number of benzene rings is 2. The molecule has 130 valence electrons. The van der Waals surface area contributed by atoms with Crippen molar-refractivity contribution in [3.05, 3.63) is 59.7 Å². The van der Waals surface area contributed by atoms with Crippen molar-refractivity contribution in [1.82, 2.24) is 9.55 Å². The number of imidazole rings is 1. The van der Waals surface area contributed by atoms with E-state index in [4.69, 9.17) is 0 Å². The molecule has 1 aromatic heterocycles. The first kappa shape index (κ1) is 16.3. The summed E-state index contributed by atoms with van der Waals surface area (Å²) in [7, 11) is 0. The van der Waals surface area contributed by atoms with Gasteiger partial charge < -0.3 is 4.57 Å². The number of anilines is 1. The first-order valence-corrected chi connectivity index (χ1v) is 9.00. The lowest BCUT2D eigenvalue weighted by atomic mass is 9.92. The number of hydrogen-bond acceptors (Lipinski definition) is 3. The summed E-state index contributed by atoms with van der Waals surface area (Å²) in [5.41, 5.74) is 3.50. The maximum atomic E-state index is 12.5. The Morgan fingerprint density at radius 2 is 2.04 bits per heavy atom. The van der Waals surface area contributed by atoms with E-state index in [1.54, 1.807) is 6.07 Å². The highest BCUT2D eigenvalue weighted by Crippen LogP contribution is 2.37. The zero-order valence-corrected chi connectivity index (χ0v) is 14.5. The van der Waals surface area contributed by atoms with Crippen LogP contribution in [0.5, 0.6) is 0 Å². The van der Waals surface area contributed by atoms with Gasteiger partial charge in [-0.3, -0.25) is 10.1 Å². The molecule has 0 bridgehead atoms. The van der Waals surface area contributed by atoms with Gasteiger partial charge in [0.1, 0.15) is 0 Å². The summed E-state index contributed by atoms with van der Waals surface area (Å²) in [6.45, 7) is 0. The zero-order chi connectivity index (χ0) is 17.9. The van der Waals surface area contributed by atoms with Crippen molar-refractivity contribution >= 4 is 22.9 Å². The number of carbonyl (C=O) groups excluding carboxylic acids is 1. The molecule has 0 aliphatic heterocycles. The van der Waals surface area contributed by atoms with Gasteiger partial charge in [0.15, 0.2) is 0 Å². The van der Waals surface area contributed by atoms with E-state index in [-0.39, 0.29) is 5.91 Å². The van der Waals surface area contributed by atoms with Crippen molar-refractivity contribution in [3.63, 3.8) is 0 Å². The molecule has 1 aliphatic carbocycles. The molecular formula is C21H20N4O. The summed E-state index contributed by atoms with van der Waals surface area (Å²) in [5, 5.41) is 12.2. The average Bonchev–Trinajstić information content (AvgIpc) is 2.96. The monoisotopic (exact) mass is 344 g/mol. The lowest BCUT2D eigenvalue weighted by Crippen LogP contribution is -2.22. The number of nitrogens with one attached hydrogen (secondary N) is 1. The molecule has 4 rings (SSSR count). The van der Waals surface area contributed by atoms with Crippen LogP contribution in [0.3, 0.4) is 0 Å². The quantitative estimate of drug-likeness (QED) is 0.754.